The first-order chi connectivity index (χ1) is 9.60. The standard InChI is InChI=1S/C12H12ClN3O3S/c1-19-11-5-3-9(16(17)18)12(15-11)14-7-6-8-2-4-10(13)20-8/h2-5H,6-7H2,1H3,(H,14,15). The molecule has 2 rings (SSSR count). The number of anilines is 1. The van der Waals surface area contributed by atoms with Gasteiger partial charge in [0.05, 0.1) is 16.4 Å². The number of aromatic nitrogens is 1. The SMILES string of the molecule is COc1ccc([N+](=O)[O-])c(NCCc2ccc(Cl)s2)n1. The van der Waals surface area contributed by atoms with E-state index in [4.69, 9.17) is 16.3 Å². The highest BCUT2D eigenvalue weighted by molar-refractivity contribution is 7.16. The summed E-state index contributed by atoms with van der Waals surface area (Å²) >= 11 is 7.33. The Morgan fingerprint density at radius 3 is 2.85 bits per heavy atom. The Labute approximate surface area is 124 Å². The molecule has 0 aliphatic rings. The van der Waals surface area contributed by atoms with Crippen LogP contribution < -0.4 is 10.1 Å². The average molecular weight is 314 g/mol. The number of ether oxygens (including phenoxy) is 1. The number of thiophene rings is 1. The summed E-state index contributed by atoms with van der Waals surface area (Å²) < 4.78 is 5.70. The first-order valence-corrected chi connectivity index (χ1v) is 6.97. The van der Waals surface area contributed by atoms with Gasteiger partial charge in [0.15, 0.2) is 0 Å². The van der Waals surface area contributed by atoms with Gasteiger partial charge in [-0.3, -0.25) is 10.1 Å². The van der Waals surface area contributed by atoms with Crippen LogP contribution in [0.5, 0.6) is 5.88 Å². The van der Waals surface area contributed by atoms with Gasteiger partial charge in [0.2, 0.25) is 11.7 Å². The summed E-state index contributed by atoms with van der Waals surface area (Å²) in [6.07, 6.45) is 0.716. The van der Waals surface area contributed by atoms with Crippen molar-refractivity contribution in [1.82, 2.24) is 4.98 Å². The molecule has 106 valence electrons. The molecule has 0 unspecified atom stereocenters. The molecule has 0 bridgehead atoms. The van der Waals surface area contributed by atoms with Crippen LogP contribution in [0.4, 0.5) is 11.5 Å². The third kappa shape index (κ3) is 3.58. The molecule has 2 aromatic rings. The van der Waals surface area contributed by atoms with Crippen molar-refractivity contribution < 1.29 is 9.66 Å². The predicted octanol–water partition coefficient (Wildman–Crippen LogP) is 3.37. The van der Waals surface area contributed by atoms with Crippen LogP contribution in [0.3, 0.4) is 0 Å². The molecule has 0 fully saturated rings. The van der Waals surface area contributed by atoms with Gasteiger partial charge in [-0.2, -0.15) is 4.98 Å². The summed E-state index contributed by atoms with van der Waals surface area (Å²) in [6.45, 7) is 0.526. The van der Waals surface area contributed by atoms with Gasteiger partial charge in [-0.25, -0.2) is 0 Å². The van der Waals surface area contributed by atoms with Crippen LogP contribution in [0.1, 0.15) is 4.88 Å². The average Bonchev–Trinajstić information content (AvgIpc) is 2.84. The monoisotopic (exact) mass is 313 g/mol. The Morgan fingerprint density at radius 2 is 2.25 bits per heavy atom. The predicted molar refractivity (Wildman–Crippen MR) is 79.0 cm³/mol. The fourth-order valence-corrected chi connectivity index (χ4v) is 2.70. The zero-order valence-corrected chi connectivity index (χ0v) is 12.2. The summed E-state index contributed by atoms with van der Waals surface area (Å²) in [5.41, 5.74) is -0.0741. The van der Waals surface area contributed by atoms with E-state index in [1.54, 1.807) is 0 Å². The molecule has 0 saturated carbocycles. The molecular formula is C12H12ClN3O3S. The van der Waals surface area contributed by atoms with Crippen LogP contribution in [0.15, 0.2) is 24.3 Å². The minimum absolute atomic E-state index is 0.0741. The van der Waals surface area contributed by atoms with Crippen molar-refractivity contribution in [3.63, 3.8) is 0 Å². The summed E-state index contributed by atoms with van der Waals surface area (Å²) in [4.78, 5) is 15.6. The third-order valence-electron chi connectivity index (χ3n) is 2.55. The smallest absolute Gasteiger partial charge is 0.311 e. The molecule has 0 atom stereocenters. The van der Waals surface area contributed by atoms with Gasteiger partial charge in [0, 0.05) is 23.6 Å². The van der Waals surface area contributed by atoms with Gasteiger partial charge in [0.1, 0.15) is 0 Å². The summed E-state index contributed by atoms with van der Waals surface area (Å²) in [5.74, 6) is 0.536. The number of pyridine rings is 1. The van der Waals surface area contributed by atoms with Crippen LogP contribution in [0.25, 0.3) is 0 Å². The van der Waals surface area contributed by atoms with E-state index in [1.807, 2.05) is 12.1 Å². The fraction of sp³-hybridized carbons (Fsp3) is 0.250. The largest absolute Gasteiger partial charge is 0.481 e. The second kappa shape index (κ2) is 6.53. The lowest BCUT2D eigenvalue weighted by Crippen LogP contribution is -2.08. The van der Waals surface area contributed by atoms with E-state index in [1.165, 1.54) is 30.6 Å². The van der Waals surface area contributed by atoms with Crippen molar-refractivity contribution in [3.8, 4) is 5.88 Å². The van der Waals surface area contributed by atoms with Crippen LogP contribution in [0.2, 0.25) is 4.34 Å². The molecule has 6 nitrogen and oxygen atoms in total. The summed E-state index contributed by atoms with van der Waals surface area (Å²) in [5, 5.41) is 13.9. The van der Waals surface area contributed by atoms with Gasteiger partial charge in [-0.15, -0.1) is 11.3 Å². The highest BCUT2D eigenvalue weighted by Gasteiger charge is 2.16. The fourth-order valence-electron chi connectivity index (χ4n) is 1.62. The topological polar surface area (TPSA) is 77.3 Å². The highest BCUT2D eigenvalue weighted by Crippen LogP contribution is 2.25. The molecule has 20 heavy (non-hydrogen) atoms. The van der Waals surface area contributed by atoms with Crippen molar-refractivity contribution >= 4 is 34.4 Å². The van der Waals surface area contributed by atoms with E-state index in [2.05, 4.69) is 10.3 Å². The Morgan fingerprint density at radius 1 is 1.45 bits per heavy atom. The van der Waals surface area contributed by atoms with E-state index in [-0.39, 0.29) is 11.5 Å². The molecule has 0 amide bonds. The number of hydrogen-bond acceptors (Lipinski definition) is 6. The normalized spacial score (nSPS) is 10.3. The molecule has 0 spiro atoms. The van der Waals surface area contributed by atoms with E-state index in [0.717, 1.165) is 9.21 Å². The van der Waals surface area contributed by atoms with Crippen molar-refractivity contribution in [2.75, 3.05) is 19.0 Å². The molecule has 0 aliphatic carbocycles. The van der Waals surface area contributed by atoms with Gasteiger partial charge in [0.25, 0.3) is 0 Å². The Kier molecular flexibility index (Phi) is 4.75. The first-order valence-electron chi connectivity index (χ1n) is 5.77. The molecule has 8 heteroatoms. The molecule has 0 saturated heterocycles. The number of nitrogens with one attached hydrogen (secondary N) is 1. The maximum absolute atomic E-state index is 10.9. The van der Waals surface area contributed by atoms with Gasteiger partial charge in [-0.05, 0) is 18.6 Å². The Balaban J connectivity index is 2.05. The molecule has 2 aromatic heterocycles. The van der Waals surface area contributed by atoms with Gasteiger partial charge >= 0.3 is 5.69 Å². The maximum Gasteiger partial charge on any atom is 0.311 e. The zero-order valence-electron chi connectivity index (χ0n) is 10.6. The maximum atomic E-state index is 10.9. The minimum Gasteiger partial charge on any atom is -0.481 e. The molecule has 0 radical (unpaired) electrons. The van der Waals surface area contributed by atoms with Crippen LogP contribution in [-0.4, -0.2) is 23.6 Å². The van der Waals surface area contributed by atoms with Crippen molar-refractivity contribution in [1.29, 1.82) is 0 Å². The lowest BCUT2D eigenvalue weighted by atomic mass is 10.3. The second-order valence-corrected chi connectivity index (χ2v) is 5.66. The van der Waals surface area contributed by atoms with Crippen molar-refractivity contribution in [3.05, 3.63) is 43.6 Å². The number of nitrogens with zero attached hydrogens (tertiary/aromatic N) is 2. The van der Waals surface area contributed by atoms with E-state index < -0.39 is 4.92 Å². The minimum atomic E-state index is -0.475. The van der Waals surface area contributed by atoms with Crippen LogP contribution >= 0.6 is 22.9 Å². The molecule has 2 heterocycles. The third-order valence-corrected chi connectivity index (χ3v) is 3.84. The molecular weight excluding hydrogens is 302 g/mol. The summed E-state index contributed by atoms with van der Waals surface area (Å²) in [6, 6.07) is 6.59. The van der Waals surface area contributed by atoms with Crippen LogP contribution in [0, 0.1) is 10.1 Å². The Bertz CT molecular complexity index is 618. The summed E-state index contributed by atoms with van der Waals surface area (Å²) in [7, 11) is 1.46. The quantitative estimate of drug-likeness (QED) is 0.653. The molecule has 0 aliphatic heterocycles. The number of halogens is 1. The zero-order chi connectivity index (χ0) is 14.5. The number of nitro groups is 1. The molecule has 0 aromatic carbocycles. The number of rotatable bonds is 6. The van der Waals surface area contributed by atoms with Gasteiger partial charge < -0.3 is 10.1 Å². The number of methoxy groups -OCH3 is 1. The Hall–Kier alpha value is -1.86. The van der Waals surface area contributed by atoms with E-state index in [0.29, 0.717) is 18.8 Å². The van der Waals surface area contributed by atoms with Crippen molar-refractivity contribution in [2.45, 2.75) is 6.42 Å². The van der Waals surface area contributed by atoms with Crippen LogP contribution in [-0.2, 0) is 6.42 Å². The van der Waals surface area contributed by atoms with Gasteiger partial charge in [-0.1, -0.05) is 11.6 Å². The van der Waals surface area contributed by atoms with Crippen molar-refractivity contribution in [2.24, 2.45) is 0 Å². The van der Waals surface area contributed by atoms with E-state index >= 15 is 0 Å². The first kappa shape index (κ1) is 14.5. The lowest BCUT2D eigenvalue weighted by Gasteiger charge is -2.07. The van der Waals surface area contributed by atoms with E-state index in [9.17, 15) is 10.1 Å². The number of hydrogen-bond donors (Lipinski definition) is 1. The lowest BCUT2D eigenvalue weighted by molar-refractivity contribution is -0.384. The second-order valence-electron chi connectivity index (χ2n) is 3.86. The molecule has 1 N–H and O–H groups in total. The highest BCUT2D eigenvalue weighted by atomic mass is 35.5.